The molecule has 0 radical (unpaired) electrons. The molecule has 0 fully saturated rings. The lowest BCUT2D eigenvalue weighted by atomic mass is 10.2. The van der Waals surface area contributed by atoms with Gasteiger partial charge in [0, 0.05) is 19.3 Å². The van der Waals surface area contributed by atoms with Gasteiger partial charge in [-0.2, -0.15) is 0 Å². The molecule has 1 aromatic rings. The third-order valence-electron chi connectivity index (χ3n) is 2.18. The second-order valence-electron chi connectivity index (χ2n) is 3.11. The summed E-state index contributed by atoms with van der Waals surface area (Å²) in [6, 6.07) is 1.97. The van der Waals surface area contributed by atoms with Crippen molar-refractivity contribution in [3.05, 3.63) is 24.4 Å². The molecule has 0 aliphatic carbocycles. The Hall–Kier alpha value is -1.03. The van der Waals surface area contributed by atoms with Gasteiger partial charge in [0.25, 0.3) is 0 Å². The first-order chi connectivity index (χ1) is 6.90. The third kappa shape index (κ3) is 2.07. The van der Waals surface area contributed by atoms with E-state index >= 15 is 0 Å². The predicted molar refractivity (Wildman–Crippen MR) is 59.8 cm³/mol. The van der Waals surface area contributed by atoms with Gasteiger partial charge in [-0.25, -0.2) is 9.97 Å². The van der Waals surface area contributed by atoms with Gasteiger partial charge < -0.3 is 4.90 Å². The Morgan fingerprint density at radius 1 is 1.43 bits per heavy atom. The van der Waals surface area contributed by atoms with Crippen LogP contribution in [0.3, 0.4) is 0 Å². The van der Waals surface area contributed by atoms with Gasteiger partial charge in [0.1, 0.15) is 5.82 Å². The average molecular weight is 207 g/mol. The van der Waals surface area contributed by atoms with Crippen molar-refractivity contribution in [1.82, 2.24) is 9.97 Å². The monoisotopic (exact) mass is 207 g/mol. The molecule has 0 saturated carbocycles. The highest BCUT2D eigenvalue weighted by Gasteiger charge is 2.08. The first-order valence-corrected chi connectivity index (χ1v) is 5.89. The number of anilines is 1. The summed E-state index contributed by atoms with van der Waals surface area (Å²) >= 11 is 1.58. The van der Waals surface area contributed by atoms with Crippen molar-refractivity contribution in [2.75, 3.05) is 24.2 Å². The van der Waals surface area contributed by atoms with E-state index in [0.717, 1.165) is 30.5 Å². The molecule has 14 heavy (non-hydrogen) atoms. The fourth-order valence-electron chi connectivity index (χ4n) is 1.46. The topological polar surface area (TPSA) is 29.0 Å². The summed E-state index contributed by atoms with van der Waals surface area (Å²) in [4.78, 5) is 10.9. The van der Waals surface area contributed by atoms with Crippen molar-refractivity contribution in [3.63, 3.8) is 0 Å². The summed E-state index contributed by atoms with van der Waals surface area (Å²) in [6.45, 7) is 2.02. The van der Waals surface area contributed by atoms with Crippen LogP contribution in [0.4, 0.5) is 5.82 Å². The first-order valence-electron chi connectivity index (χ1n) is 4.67. The standard InChI is InChI=1S/C10H13N3S/c1-14-10-11-6-5-9(12-10)13-7-3-2-4-8-13/h2-3,5-6H,4,7-8H2,1H3. The van der Waals surface area contributed by atoms with Gasteiger partial charge in [-0.1, -0.05) is 23.9 Å². The van der Waals surface area contributed by atoms with Crippen LogP contribution in [0, 0.1) is 0 Å². The summed E-state index contributed by atoms with van der Waals surface area (Å²) in [6.07, 6.45) is 9.33. The third-order valence-corrected chi connectivity index (χ3v) is 2.75. The summed E-state index contributed by atoms with van der Waals surface area (Å²) in [7, 11) is 0. The van der Waals surface area contributed by atoms with Crippen LogP contribution in [0.2, 0.25) is 0 Å². The zero-order valence-electron chi connectivity index (χ0n) is 8.18. The largest absolute Gasteiger partial charge is 0.352 e. The minimum Gasteiger partial charge on any atom is -0.352 e. The molecular formula is C10H13N3S. The normalized spacial score (nSPS) is 15.9. The van der Waals surface area contributed by atoms with Crippen LogP contribution < -0.4 is 4.90 Å². The van der Waals surface area contributed by atoms with Gasteiger partial charge in [-0.05, 0) is 18.7 Å². The molecule has 0 N–H and O–H groups in total. The fraction of sp³-hybridized carbons (Fsp3) is 0.400. The lowest BCUT2D eigenvalue weighted by molar-refractivity contribution is 0.788. The zero-order valence-corrected chi connectivity index (χ0v) is 9.00. The Bertz CT molecular complexity index is 338. The molecule has 2 rings (SSSR count). The molecule has 1 aromatic heterocycles. The van der Waals surface area contributed by atoms with Crippen LogP contribution in [0.25, 0.3) is 0 Å². The number of hydrogen-bond acceptors (Lipinski definition) is 4. The molecule has 0 atom stereocenters. The van der Waals surface area contributed by atoms with Crippen molar-refractivity contribution < 1.29 is 0 Å². The van der Waals surface area contributed by atoms with E-state index in [2.05, 4.69) is 27.0 Å². The van der Waals surface area contributed by atoms with Gasteiger partial charge in [0.2, 0.25) is 0 Å². The van der Waals surface area contributed by atoms with Crippen molar-refractivity contribution in [1.29, 1.82) is 0 Å². The molecule has 4 heteroatoms. The smallest absolute Gasteiger partial charge is 0.189 e. The highest BCUT2D eigenvalue weighted by atomic mass is 32.2. The van der Waals surface area contributed by atoms with Crippen LogP contribution in [0.5, 0.6) is 0 Å². The maximum atomic E-state index is 4.46. The van der Waals surface area contributed by atoms with E-state index in [4.69, 9.17) is 0 Å². The predicted octanol–water partition coefficient (Wildman–Crippen LogP) is 1.96. The molecule has 0 unspecified atom stereocenters. The van der Waals surface area contributed by atoms with Crippen molar-refractivity contribution in [3.8, 4) is 0 Å². The maximum absolute atomic E-state index is 4.46. The Labute approximate surface area is 88.2 Å². The molecular weight excluding hydrogens is 194 g/mol. The van der Waals surface area contributed by atoms with E-state index in [0.29, 0.717) is 0 Å². The van der Waals surface area contributed by atoms with Crippen molar-refractivity contribution in [2.45, 2.75) is 11.6 Å². The highest BCUT2D eigenvalue weighted by molar-refractivity contribution is 7.98. The van der Waals surface area contributed by atoms with Crippen LogP contribution in [0.15, 0.2) is 29.6 Å². The number of aromatic nitrogens is 2. The van der Waals surface area contributed by atoms with Gasteiger partial charge in [-0.15, -0.1) is 0 Å². The average Bonchev–Trinajstić information content (AvgIpc) is 2.30. The van der Waals surface area contributed by atoms with Gasteiger partial charge >= 0.3 is 0 Å². The first kappa shape index (κ1) is 9.52. The van der Waals surface area contributed by atoms with Crippen LogP contribution in [-0.4, -0.2) is 29.3 Å². The summed E-state index contributed by atoms with van der Waals surface area (Å²) in [5.74, 6) is 1.04. The lowest BCUT2D eigenvalue weighted by Crippen LogP contribution is -2.27. The summed E-state index contributed by atoms with van der Waals surface area (Å²) < 4.78 is 0. The molecule has 0 saturated heterocycles. The fourth-order valence-corrected chi connectivity index (χ4v) is 1.81. The second-order valence-corrected chi connectivity index (χ2v) is 3.88. The molecule has 1 aliphatic heterocycles. The van der Waals surface area contributed by atoms with Crippen molar-refractivity contribution >= 4 is 17.6 Å². The lowest BCUT2D eigenvalue weighted by Gasteiger charge is -2.24. The Morgan fingerprint density at radius 2 is 2.36 bits per heavy atom. The molecule has 0 amide bonds. The molecule has 2 heterocycles. The molecule has 0 aromatic carbocycles. The molecule has 0 bridgehead atoms. The molecule has 74 valence electrons. The zero-order chi connectivity index (χ0) is 9.80. The highest BCUT2D eigenvalue weighted by Crippen LogP contribution is 2.16. The minimum absolute atomic E-state index is 0.844. The number of thioether (sulfide) groups is 1. The summed E-state index contributed by atoms with van der Waals surface area (Å²) in [5.41, 5.74) is 0. The SMILES string of the molecule is CSc1nccc(N2CC=CCC2)n1. The maximum Gasteiger partial charge on any atom is 0.189 e. The minimum atomic E-state index is 0.844. The quantitative estimate of drug-likeness (QED) is 0.421. The van der Waals surface area contributed by atoms with Gasteiger partial charge in [0.05, 0.1) is 0 Å². The number of rotatable bonds is 2. The van der Waals surface area contributed by atoms with Crippen molar-refractivity contribution in [2.24, 2.45) is 0 Å². The van der Waals surface area contributed by atoms with E-state index in [-0.39, 0.29) is 0 Å². The number of nitrogens with zero attached hydrogens (tertiary/aromatic N) is 3. The van der Waals surface area contributed by atoms with E-state index in [9.17, 15) is 0 Å². The van der Waals surface area contributed by atoms with Crippen LogP contribution in [-0.2, 0) is 0 Å². The van der Waals surface area contributed by atoms with E-state index in [1.165, 1.54) is 0 Å². The van der Waals surface area contributed by atoms with Crippen LogP contribution >= 0.6 is 11.8 Å². The Kier molecular flexibility index (Phi) is 3.03. The Morgan fingerprint density at radius 3 is 3.07 bits per heavy atom. The second kappa shape index (κ2) is 4.46. The van der Waals surface area contributed by atoms with Crippen LogP contribution in [0.1, 0.15) is 6.42 Å². The molecule has 3 nitrogen and oxygen atoms in total. The van der Waals surface area contributed by atoms with E-state index in [1.807, 2.05) is 18.5 Å². The summed E-state index contributed by atoms with van der Waals surface area (Å²) in [5, 5.41) is 0.844. The molecule has 0 spiro atoms. The van der Waals surface area contributed by atoms with Gasteiger partial charge in [0.15, 0.2) is 5.16 Å². The van der Waals surface area contributed by atoms with Gasteiger partial charge in [-0.3, -0.25) is 0 Å². The Balaban J connectivity index is 2.18. The van der Waals surface area contributed by atoms with E-state index < -0.39 is 0 Å². The number of hydrogen-bond donors (Lipinski definition) is 0. The molecule has 1 aliphatic rings. The van der Waals surface area contributed by atoms with E-state index in [1.54, 1.807) is 11.8 Å².